The average Bonchev–Trinajstić information content (AvgIpc) is 2.73. The van der Waals surface area contributed by atoms with Gasteiger partial charge < -0.3 is 10.4 Å². The molecule has 1 aromatic rings. The number of hydrogen-bond donors (Lipinski definition) is 2. The minimum absolute atomic E-state index is 0.0139. The molecule has 0 saturated carbocycles. The average molecular weight is 246 g/mol. The molecule has 2 N–H and O–H groups in total. The number of nitrogens with one attached hydrogen (secondary N) is 1. The van der Waals surface area contributed by atoms with Gasteiger partial charge >= 0.3 is 0 Å². The minimum Gasteiger partial charge on any atom is -0.388 e. The molecule has 1 unspecified atom stereocenters. The molecule has 0 aliphatic carbocycles. The summed E-state index contributed by atoms with van der Waals surface area (Å²) in [5.41, 5.74) is 10.7. The van der Waals surface area contributed by atoms with Gasteiger partial charge in [-0.25, -0.2) is 0 Å². The van der Waals surface area contributed by atoms with Gasteiger partial charge in [0.2, 0.25) is 5.91 Å². The fourth-order valence-corrected chi connectivity index (χ4v) is 2.02. The van der Waals surface area contributed by atoms with Gasteiger partial charge in [0, 0.05) is 17.1 Å². The first-order valence-corrected chi connectivity index (χ1v) is 5.82. The van der Waals surface area contributed by atoms with Crippen LogP contribution in [0.15, 0.2) is 23.3 Å². The van der Waals surface area contributed by atoms with Gasteiger partial charge in [-0.15, -0.1) is 0 Å². The third kappa shape index (κ3) is 2.80. The lowest BCUT2D eigenvalue weighted by molar-refractivity contribution is -0.115. The number of anilines is 1. The first kappa shape index (κ1) is 12.4. The number of aliphatic hydroxyl groups is 1. The fourth-order valence-electron chi connectivity index (χ4n) is 2.02. The maximum absolute atomic E-state index is 11.2. The van der Waals surface area contributed by atoms with Crippen molar-refractivity contribution in [2.24, 2.45) is 5.11 Å². The van der Waals surface area contributed by atoms with Crippen LogP contribution in [0.5, 0.6) is 0 Å². The molecule has 0 radical (unpaired) electrons. The van der Waals surface area contributed by atoms with Gasteiger partial charge in [0.25, 0.3) is 0 Å². The molecule has 0 bridgehead atoms. The van der Waals surface area contributed by atoms with E-state index in [1.54, 1.807) is 0 Å². The molecule has 0 spiro atoms. The summed E-state index contributed by atoms with van der Waals surface area (Å²) in [6.45, 7) is 0.387. The molecular formula is C12H14N4O2. The maximum Gasteiger partial charge on any atom is 0.228 e. The Hall–Kier alpha value is -2.04. The predicted molar refractivity (Wildman–Crippen MR) is 67.0 cm³/mol. The number of amides is 1. The summed E-state index contributed by atoms with van der Waals surface area (Å²) in [7, 11) is 0. The van der Waals surface area contributed by atoms with Gasteiger partial charge in [-0.05, 0) is 35.6 Å². The Morgan fingerprint density at radius 1 is 1.56 bits per heavy atom. The Bertz CT molecular complexity index is 509. The number of carbonyl (C=O) groups is 1. The van der Waals surface area contributed by atoms with E-state index >= 15 is 0 Å². The van der Waals surface area contributed by atoms with Crippen LogP contribution in [0.3, 0.4) is 0 Å². The lowest BCUT2D eigenvalue weighted by Gasteiger charge is -2.11. The van der Waals surface area contributed by atoms with Crippen molar-refractivity contribution >= 4 is 11.6 Å². The van der Waals surface area contributed by atoms with Gasteiger partial charge in [-0.1, -0.05) is 17.2 Å². The van der Waals surface area contributed by atoms with Crippen LogP contribution in [0.2, 0.25) is 0 Å². The van der Waals surface area contributed by atoms with Crippen molar-refractivity contribution in [1.29, 1.82) is 0 Å². The zero-order valence-electron chi connectivity index (χ0n) is 9.83. The lowest BCUT2D eigenvalue weighted by atomic mass is 10.0. The van der Waals surface area contributed by atoms with Gasteiger partial charge in [-0.2, -0.15) is 0 Å². The second-order valence-corrected chi connectivity index (χ2v) is 4.25. The quantitative estimate of drug-likeness (QED) is 0.360. The number of carbonyl (C=O) groups excluding carboxylic acids is 1. The number of aliphatic hydroxyl groups excluding tert-OH is 1. The molecule has 1 aromatic carbocycles. The van der Waals surface area contributed by atoms with Crippen molar-refractivity contribution in [3.05, 3.63) is 39.8 Å². The molecule has 18 heavy (non-hydrogen) atoms. The van der Waals surface area contributed by atoms with Crippen LogP contribution in [0.1, 0.15) is 30.1 Å². The van der Waals surface area contributed by atoms with Crippen molar-refractivity contribution in [3.8, 4) is 0 Å². The van der Waals surface area contributed by atoms with Gasteiger partial charge in [0.1, 0.15) is 0 Å². The van der Waals surface area contributed by atoms with E-state index < -0.39 is 6.10 Å². The van der Waals surface area contributed by atoms with Gasteiger partial charge in [0.05, 0.1) is 12.5 Å². The number of fused-ring (bicyclic) bond motifs is 1. The molecule has 1 aliphatic heterocycles. The van der Waals surface area contributed by atoms with Crippen LogP contribution in [-0.2, 0) is 11.2 Å². The Labute approximate surface area is 104 Å². The summed E-state index contributed by atoms with van der Waals surface area (Å²) < 4.78 is 0. The zero-order valence-corrected chi connectivity index (χ0v) is 9.83. The van der Waals surface area contributed by atoms with Crippen molar-refractivity contribution in [3.63, 3.8) is 0 Å². The Kier molecular flexibility index (Phi) is 3.82. The minimum atomic E-state index is -0.583. The van der Waals surface area contributed by atoms with Crippen LogP contribution >= 0.6 is 0 Å². The molecule has 1 aliphatic rings. The summed E-state index contributed by atoms with van der Waals surface area (Å²) in [5.74, 6) is -0.0139. The molecule has 1 amide bonds. The van der Waals surface area contributed by atoms with Crippen LogP contribution in [-0.4, -0.2) is 17.6 Å². The van der Waals surface area contributed by atoms with Crippen molar-refractivity contribution in [2.45, 2.75) is 25.4 Å². The highest BCUT2D eigenvalue weighted by Gasteiger charge is 2.19. The van der Waals surface area contributed by atoms with Crippen molar-refractivity contribution < 1.29 is 9.90 Å². The third-order valence-corrected chi connectivity index (χ3v) is 2.94. The smallest absolute Gasteiger partial charge is 0.228 e. The van der Waals surface area contributed by atoms with E-state index in [-0.39, 0.29) is 5.91 Å². The normalized spacial score (nSPS) is 14.6. The standard InChI is InChI=1S/C12H14N4O2/c13-16-14-5-1-2-11(17)8-3-4-10-9(6-8)7-12(18)15-10/h3-4,6,11,17H,1-2,5,7H2,(H,15,18). The number of benzene rings is 1. The van der Waals surface area contributed by atoms with Crippen LogP contribution in [0, 0.1) is 0 Å². The summed E-state index contributed by atoms with van der Waals surface area (Å²) in [5, 5.41) is 16.1. The molecule has 1 heterocycles. The molecule has 0 saturated heterocycles. The molecule has 6 heteroatoms. The number of azide groups is 1. The Morgan fingerprint density at radius 3 is 3.17 bits per heavy atom. The van der Waals surface area contributed by atoms with Crippen molar-refractivity contribution in [1.82, 2.24) is 0 Å². The number of hydrogen-bond acceptors (Lipinski definition) is 3. The highest BCUT2D eigenvalue weighted by molar-refractivity contribution is 5.99. The molecular weight excluding hydrogens is 232 g/mol. The number of nitrogens with zero attached hydrogens (tertiary/aromatic N) is 3. The third-order valence-electron chi connectivity index (χ3n) is 2.94. The first-order chi connectivity index (χ1) is 8.70. The SMILES string of the molecule is [N-]=[N+]=NCCCC(O)c1ccc2c(c1)CC(=O)N2. The maximum atomic E-state index is 11.2. The van der Waals surface area contributed by atoms with E-state index in [9.17, 15) is 9.90 Å². The highest BCUT2D eigenvalue weighted by Crippen LogP contribution is 2.27. The second-order valence-electron chi connectivity index (χ2n) is 4.25. The van der Waals surface area contributed by atoms with Gasteiger partial charge in [-0.3, -0.25) is 4.79 Å². The molecule has 0 aromatic heterocycles. The van der Waals surface area contributed by atoms with Crippen LogP contribution in [0.25, 0.3) is 10.4 Å². The fraction of sp³-hybridized carbons (Fsp3) is 0.417. The summed E-state index contributed by atoms with van der Waals surface area (Å²) in [6, 6.07) is 5.47. The topological polar surface area (TPSA) is 98.1 Å². The molecule has 2 rings (SSSR count). The van der Waals surface area contributed by atoms with E-state index in [1.165, 1.54) is 0 Å². The van der Waals surface area contributed by atoms with E-state index in [0.29, 0.717) is 25.8 Å². The molecule has 1 atom stereocenters. The largest absolute Gasteiger partial charge is 0.388 e. The number of rotatable bonds is 5. The summed E-state index contributed by atoms with van der Waals surface area (Å²) in [6.07, 6.45) is 0.965. The summed E-state index contributed by atoms with van der Waals surface area (Å²) in [4.78, 5) is 13.9. The predicted octanol–water partition coefficient (Wildman–Crippen LogP) is 2.31. The molecule has 94 valence electrons. The lowest BCUT2D eigenvalue weighted by Crippen LogP contribution is -2.03. The highest BCUT2D eigenvalue weighted by atomic mass is 16.3. The Morgan fingerprint density at radius 2 is 2.39 bits per heavy atom. The van der Waals surface area contributed by atoms with Crippen LogP contribution in [0.4, 0.5) is 5.69 Å². The van der Waals surface area contributed by atoms with E-state index in [2.05, 4.69) is 15.3 Å². The monoisotopic (exact) mass is 246 g/mol. The summed E-state index contributed by atoms with van der Waals surface area (Å²) >= 11 is 0. The Balaban J connectivity index is 1.99. The first-order valence-electron chi connectivity index (χ1n) is 5.82. The molecule has 0 fully saturated rings. The zero-order chi connectivity index (χ0) is 13.0. The van der Waals surface area contributed by atoms with Gasteiger partial charge in [0.15, 0.2) is 0 Å². The van der Waals surface area contributed by atoms with E-state index in [4.69, 9.17) is 5.53 Å². The molecule has 6 nitrogen and oxygen atoms in total. The van der Waals surface area contributed by atoms with E-state index in [1.807, 2.05) is 18.2 Å². The van der Waals surface area contributed by atoms with E-state index in [0.717, 1.165) is 16.8 Å². The van der Waals surface area contributed by atoms with Crippen LogP contribution < -0.4 is 5.32 Å². The second kappa shape index (κ2) is 5.53. The van der Waals surface area contributed by atoms with Crippen molar-refractivity contribution in [2.75, 3.05) is 11.9 Å².